The number of nitrogens with one attached hydrogen (secondary N) is 2. The molecule has 2 amide bonds. The van der Waals surface area contributed by atoms with Crippen molar-refractivity contribution in [2.75, 3.05) is 13.7 Å². The number of rotatable bonds is 10. The van der Waals surface area contributed by atoms with Crippen LogP contribution in [0.2, 0.25) is 0 Å². The summed E-state index contributed by atoms with van der Waals surface area (Å²) in [6.45, 7) is 6.75. The van der Waals surface area contributed by atoms with Crippen molar-refractivity contribution in [1.29, 1.82) is 0 Å². The molecule has 5 heteroatoms. The maximum atomic E-state index is 12.0. The number of hydrogen-bond donors (Lipinski definition) is 2. The molecule has 0 heterocycles. The van der Waals surface area contributed by atoms with E-state index in [1.807, 2.05) is 6.92 Å². The van der Waals surface area contributed by atoms with Gasteiger partial charge in [-0.3, -0.25) is 9.59 Å². The van der Waals surface area contributed by atoms with Crippen LogP contribution in [-0.4, -0.2) is 31.5 Å². The van der Waals surface area contributed by atoms with Gasteiger partial charge in [-0.05, 0) is 37.5 Å². The monoisotopic (exact) mass is 334 g/mol. The second-order valence-corrected chi connectivity index (χ2v) is 6.53. The lowest BCUT2D eigenvalue weighted by Crippen LogP contribution is -2.35. The first-order valence-corrected chi connectivity index (χ1v) is 8.64. The van der Waals surface area contributed by atoms with Crippen molar-refractivity contribution in [3.63, 3.8) is 0 Å². The highest BCUT2D eigenvalue weighted by molar-refractivity contribution is 5.94. The average molecular weight is 334 g/mol. The first-order chi connectivity index (χ1) is 11.4. The summed E-state index contributed by atoms with van der Waals surface area (Å²) in [7, 11) is 1.56. The summed E-state index contributed by atoms with van der Waals surface area (Å²) in [5, 5.41) is 5.73. The van der Waals surface area contributed by atoms with E-state index in [-0.39, 0.29) is 24.3 Å². The summed E-state index contributed by atoms with van der Waals surface area (Å²) < 4.78 is 5.09. The fraction of sp³-hybridized carbons (Fsp3) is 0.579. The summed E-state index contributed by atoms with van der Waals surface area (Å²) in [6.07, 6.45) is 3.56. The summed E-state index contributed by atoms with van der Waals surface area (Å²) in [6, 6.07) is 7.11. The van der Waals surface area contributed by atoms with Crippen LogP contribution in [0, 0.1) is 5.92 Å². The molecule has 134 valence electrons. The van der Waals surface area contributed by atoms with E-state index in [9.17, 15) is 9.59 Å². The highest BCUT2D eigenvalue weighted by Gasteiger charge is 2.10. The smallest absolute Gasteiger partial charge is 0.251 e. The standard InChI is InChI=1S/C19H30N2O3/c1-14(2)7-5-8-15(3)21-18(22)11-12-20-19(23)16-9-6-10-17(13-16)24-4/h6,9-10,13-15H,5,7-8,11-12H2,1-4H3,(H,20,23)(H,21,22). The third kappa shape index (κ3) is 7.99. The van der Waals surface area contributed by atoms with Crippen LogP contribution in [0.4, 0.5) is 0 Å². The Labute approximate surface area is 145 Å². The molecular formula is C19H30N2O3. The lowest BCUT2D eigenvalue weighted by atomic mass is 10.0. The predicted octanol–water partition coefficient (Wildman–Crippen LogP) is 3.15. The molecule has 0 aliphatic rings. The number of carbonyl (C=O) groups is 2. The van der Waals surface area contributed by atoms with Crippen LogP contribution in [0.25, 0.3) is 0 Å². The van der Waals surface area contributed by atoms with Crippen molar-refractivity contribution in [1.82, 2.24) is 10.6 Å². The molecule has 1 aromatic rings. The Morgan fingerprint density at radius 1 is 1.17 bits per heavy atom. The highest BCUT2D eigenvalue weighted by Crippen LogP contribution is 2.12. The second kappa shape index (κ2) is 10.7. The van der Waals surface area contributed by atoms with E-state index < -0.39 is 0 Å². The van der Waals surface area contributed by atoms with E-state index in [0.717, 1.165) is 12.8 Å². The number of carbonyl (C=O) groups excluding carboxylic acids is 2. The summed E-state index contributed by atoms with van der Waals surface area (Å²) in [4.78, 5) is 23.9. The Hall–Kier alpha value is -2.04. The zero-order chi connectivity index (χ0) is 17.9. The van der Waals surface area contributed by atoms with Gasteiger partial charge in [-0.1, -0.05) is 32.8 Å². The van der Waals surface area contributed by atoms with Crippen LogP contribution in [0.1, 0.15) is 56.8 Å². The average Bonchev–Trinajstić information content (AvgIpc) is 2.54. The van der Waals surface area contributed by atoms with Gasteiger partial charge in [-0.25, -0.2) is 0 Å². The fourth-order valence-corrected chi connectivity index (χ4v) is 2.41. The SMILES string of the molecule is COc1cccc(C(=O)NCCC(=O)NC(C)CCCC(C)C)c1. The summed E-state index contributed by atoms with van der Waals surface area (Å²) in [5.74, 6) is 1.10. The zero-order valence-corrected chi connectivity index (χ0v) is 15.2. The third-order valence-electron chi connectivity index (χ3n) is 3.80. The van der Waals surface area contributed by atoms with Crippen LogP contribution in [-0.2, 0) is 4.79 Å². The van der Waals surface area contributed by atoms with E-state index >= 15 is 0 Å². The molecule has 0 fully saturated rings. The van der Waals surface area contributed by atoms with Gasteiger partial charge in [0.2, 0.25) is 5.91 Å². The minimum atomic E-state index is -0.202. The molecule has 24 heavy (non-hydrogen) atoms. The van der Waals surface area contributed by atoms with Crippen LogP contribution in [0.15, 0.2) is 24.3 Å². The van der Waals surface area contributed by atoms with Gasteiger partial charge in [0.1, 0.15) is 5.75 Å². The lowest BCUT2D eigenvalue weighted by Gasteiger charge is -2.14. The fourth-order valence-electron chi connectivity index (χ4n) is 2.41. The first kappa shape index (κ1) is 20.0. The van der Waals surface area contributed by atoms with Gasteiger partial charge in [-0.15, -0.1) is 0 Å². The van der Waals surface area contributed by atoms with Gasteiger partial charge in [0.05, 0.1) is 7.11 Å². The lowest BCUT2D eigenvalue weighted by molar-refractivity contribution is -0.121. The number of methoxy groups -OCH3 is 1. The zero-order valence-electron chi connectivity index (χ0n) is 15.2. The van der Waals surface area contributed by atoms with E-state index in [0.29, 0.717) is 23.8 Å². The van der Waals surface area contributed by atoms with Gasteiger partial charge < -0.3 is 15.4 Å². The Morgan fingerprint density at radius 2 is 1.92 bits per heavy atom. The molecule has 0 aliphatic carbocycles. The Bertz CT molecular complexity index is 529. The molecule has 1 unspecified atom stereocenters. The number of hydrogen-bond acceptors (Lipinski definition) is 3. The molecule has 0 saturated heterocycles. The molecule has 0 saturated carbocycles. The normalized spacial score (nSPS) is 11.9. The van der Waals surface area contributed by atoms with E-state index in [2.05, 4.69) is 24.5 Å². The van der Waals surface area contributed by atoms with Crippen molar-refractivity contribution < 1.29 is 14.3 Å². The Morgan fingerprint density at radius 3 is 2.58 bits per heavy atom. The third-order valence-corrected chi connectivity index (χ3v) is 3.80. The Kier molecular flexibility index (Phi) is 8.90. The molecular weight excluding hydrogens is 304 g/mol. The minimum Gasteiger partial charge on any atom is -0.497 e. The van der Waals surface area contributed by atoms with Crippen LogP contribution in [0.5, 0.6) is 5.75 Å². The largest absolute Gasteiger partial charge is 0.497 e. The molecule has 1 atom stereocenters. The van der Waals surface area contributed by atoms with Crippen LogP contribution in [0.3, 0.4) is 0 Å². The van der Waals surface area contributed by atoms with Gasteiger partial charge in [0.15, 0.2) is 0 Å². The summed E-state index contributed by atoms with van der Waals surface area (Å²) in [5.41, 5.74) is 0.525. The number of amides is 2. The first-order valence-electron chi connectivity index (χ1n) is 8.64. The van der Waals surface area contributed by atoms with Crippen molar-refractivity contribution in [2.24, 2.45) is 5.92 Å². The van der Waals surface area contributed by atoms with Gasteiger partial charge >= 0.3 is 0 Å². The minimum absolute atomic E-state index is 0.0296. The van der Waals surface area contributed by atoms with E-state index in [1.165, 1.54) is 6.42 Å². The maximum Gasteiger partial charge on any atom is 0.251 e. The number of benzene rings is 1. The van der Waals surface area contributed by atoms with Gasteiger partial charge in [-0.2, -0.15) is 0 Å². The quantitative estimate of drug-likeness (QED) is 0.691. The van der Waals surface area contributed by atoms with Crippen LogP contribution < -0.4 is 15.4 Å². The predicted molar refractivity (Wildman–Crippen MR) is 96.2 cm³/mol. The molecule has 1 aromatic carbocycles. The van der Waals surface area contributed by atoms with Crippen molar-refractivity contribution in [3.8, 4) is 5.75 Å². The molecule has 0 bridgehead atoms. The van der Waals surface area contributed by atoms with Gasteiger partial charge in [0, 0.05) is 24.6 Å². The molecule has 5 nitrogen and oxygen atoms in total. The van der Waals surface area contributed by atoms with Gasteiger partial charge in [0.25, 0.3) is 5.91 Å². The summed E-state index contributed by atoms with van der Waals surface area (Å²) >= 11 is 0. The second-order valence-electron chi connectivity index (χ2n) is 6.53. The van der Waals surface area contributed by atoms with E-state index in [1.54, 1.807) is 31.4 Å². The maximum absolute atomic E-state index is 12.0. The van der Waals surface area contributed by atoms with Crippen LogP contribution >= 0.6 is 0 Å². The topological polar surface area (TPSA) is 67.4 Å². The van der Waals surface area contributed by atoms with Crippen molar-refractivity contribution in [2.45, 2.75) is 52.5 Å². The van der Waals surface area contributed by atoms with Crippen molar-refractivity contribution in [3.05, 3.63) is 29.8 Å². The Balaban J connectivity index is 2.25. The molecule has 2 N–H and O–H groups in total. The highest BCUT2D eigenvalue weighted by atomic mass is 16.5. The number of ether oxygens (including phenoxy) is 1. The van der Waals surface area contributed by atoms with E-state index in [4.69, 9.17) is 4.74 Å². The molecule has 0 aromatic heterocycles. The molecule has 0 aliphatic heterocycles. The van der Waals surface area contributed by atoms with Crippen molar-refractivity contribution >= 4 is 11.8 Å². The molecule has 0 radical (unpaired) electrons. The molecule has 0 spiro atoms. The molecule has 1 rings (SSSR count).